The normalized spacial score (nSPS) is 20.2. The van der Waals surface area contributed by atoms with Crippen LogP contribution in [-0.2, 0) is 9.53 Å². The molecule has 2 atom stereocenters. The van der Waals surface area contributed by atoms with Crippen molar-refractivity contribution >= 4 is 11.7 Å². The Morgan fingerprint density at radius 3 is 2.45 bits per heavy atom. The number of carbonyl (C=O) groups excluding carboxylic acids is 1. The van der Waals surface area contributed by atoms with E-state index in [2.05, 4.69) is 64.6 Å². The number of carbonyl (C=O) groups is 1. The summed E-state index contributed by atoms with van der Waals surface area (Å²) < 4.78 is 5.57. The van der Waals surface area contributed by atoms with Gasteiger partial charge < -0.3 is 19.9 Å². The number of amides is 1. The van der Waals surface area contributed by atoms with Gasteiger partial charge in [-0.3, -0.25) is 9.69 Å². The largest absolute Gasteiger partial charge is 0.370 e. The van der Waals surface area contributed by atoms with Crippen LogP contribution in [0.2, 0.25) is 0 Å². The molecule has 0 bridgehead atoms. The lowest BCUT2D eigenvalue weighted by Crippen LogP contribution is -3.16. The molecule has 2 saturated heterocycles. The van der Waals surface area contributed by atoms with Crippen molar-refractivity contribution in [2.75, 3.05) is 63.9 Å². The van der Waals surface area contributed by atoms with Gasteiger partial charge in [0.05, 0.1) is 25.5 Å². The highest BCUT2D eigenvalue weighted by Gasteiger charge is 2.33. The molecule has 0 spiro atoms. The van der Waals surface area contributed by atoms with Crippen molar-refractivity contribution in [3.05, 3.63) is 60.3 Å². The monoisotopic (exact) mass is 426 g/mol. The standard InChI is InChI=1S/C24H33N5O2/c1-20(24(21-7-3-2-4-8-21)29-15-17-31-18-16-29)26-23(30)19-27-11-13-28(14-12-27)22-9-5-6-10-25-22/h2-10,20,24H,11-19H2,1H3,(H,26,30)/p+3/t20-,24+/m0/s1. The second-order valence-corrected chi connectivity index (χ2v) is 8.68. The first-order valence-electron chi connectivity index (χ1n) is 11.5. The number of piperazine rings is 1. The zero-order valence-electron chi connectivity index (χ0n) is 18.5. The molecule has 2 aromatic rings. The number of rotatable bonds is 7. The number of aromatic nitrogens is 1. The number of ether oxygens (including phenoxy) is 1. The Morgan fingerprint density at radius 1 is 1.06 bits per heavy atom. The van der Waals surface area contributed by atoms with E-state index in [0.717, 1.165) is 58.3 Å². The lowest BCUT2D eigenvalue weighted by molar-refractivity contribution is -0.940. The predicted molar refractivity (Wildman–Crippen MR) is 119 cm³/mol. The van der Waals surface area contributed by atoms with Crippen LogP contribution in [-0.4, -0.2) is 71.0 Å². The molecule has 4 rings (SSSR count). The topological polar surface area (TPSA) is 64.6 Å². The van der Waals surface area contributed by atoms with Gasteiger partial charge in [0, 0.05) is 11.6 Å². The summed E-state index contributed by atoms with van der Waals surface area (Å²) in [6.07, 6.45) is 1.96. The number of quaternary nitrogens is 2. The molecule has 0 saturated carbocycles. The molecule has 2 fully saturated rings. The van der Waals surface area contributed by atoms with Gasteiger partial charge in [0.15, 0.2) is 6.54 Å². The zero-order valence-corrected chi connectivity index (χ0v) is 18.5. The van der Waals surface area contributed by atoms with Crippen molar-refractivity contribution in [3.8, 4) is 0 Å². The van der Waals surface area contributed by atoms with Gasteiger partial charge in [-0.1, -0.05) is 36.4 Å². The molecule has 1 aromatic carbocycles. The number of nitrogens with one attached hydrogen (secondary N) is 4. The molecule has 1 amide bonds. The summed E-state index contributed by atoms with van der Waals surface area (Å²) in [4.78, 5) is 21.4. The lowest BCUT2D eigenvalue weighted by Gasteiger charge is -2.35. The number of H-pyrrole nitrogens is 1. The molecule has 2 aliphatic heterocycles. The summed E-state index contributed by atoms with van der Waals surface area (Å²) in [5, 5.41) is 3.32. The van der Waals surface area contributed by atoms with E-state index in [9.17, 15) is 4.79 Å². The summed E-state index contributed by atoms with van der Waals surface area (Å²) in [5.74, 6) is 1.30. The number of hydrogen-bond acceptors (Lipinski definition) is 3. The number of pyridine rings is 1. The predicted octanol–water partition coefficient (Wildman–Crippen LogP) is -1.63. The molecular weight excluding hydrogens is 390 g/mol. The number of nitrogens with zero attached hydrogens (tertiary/aromatic N) is 1. The molecule has 4 N–H and O–H groups in total. The third-order valence-electron chi connectivity index (χ3n) is 6.54. The lowest BCUT2D eigenvalue weighted by atomic mass is 9.98. The molecule has 166 valence electrons. The molecule has 3 heterocycles. The average Bonchev–Trinajstić information content (AvgIpc) is 2.82. The molecule has 7 nitrogen and oxygen atoms in total. The Kier molecular flexibility index (Phi) is 7.51. The van der Waals surface area contributed by atoms with Crippen LogP contribution in [0.15, 0.2) is 54.7 Å². The first kappa shape index (κ1) is 21.7. The Balaban J connectivity index is 1.31. The highest BCUT2D eigenvalue weighted by Crippen LogP contribution is 2.14. The number of aromatic amines is 1. The number of benzene rings is 1. The van der Waals surface area contributed by atoms with Crippen LogP contribution in [0.1, 0.15) is 18.5 Å². The van der Waals surface area contributed by atoms with Crippen LogP contribution in [0.4, 0.5) is 5.82 Å². The first-order valence-corrected chi connectivity index (χ1v) is 11.5. The van der Waals surface area contributed by atoms with Crippen molar-refractivity contribution < 1.29 is 24.3 Å². The molecule has 2 aliphatic rings. The van der Waals surface area contributed by atoms with E-state index in [1.807, 2.05) is 12.3 Å². The van der Waals surface area contributed by atoms with E-state index < -0.39 is 0 Å². The Hall–Kier alpha value is -2.48. The SMILES string of the molecule is C[C@H](NC(=O)C[NH+]1CCN(c2cccc[nH+]2)CC1)[C@H](c1ccccc1)[NH+]1CCOCC1. The molecule has 7 heteroatoms. The van der Waals surface area contributed by atoms with E-state index >= 15 is 0 Å². The van der Waals surface area contributed by atoms with E-state index in [0.29, 0.717) is 6.54 Å². The molecule has 0 unspecified atom stereocenters. The molecular formula is C24H36N5O2+3. The van der Waals surface area contributed by atoms with Crippen LogP contribution >= 0.6 is 0 Å². The van der Waals surface area contributed by atoms with E-state index in [1.54, 1.807) is 0 Å². The summed E-state index contributed by atoms with van der Waals surface area (Å²) in [6.45, 7) is 10.1. The Labute approximate surface area is 185 Å². The fourth-order valence-electron chi connectivity index (χ4n) is 4.92. The Bertz CT molecular complexity index is 805. The fourth-order valence-corrected chi connectivity index (χ4v) is 4.92. The molecule has 31 heavy (non-hydrogen) atoms. The summed E-state index contributed by atoms with van der Waals surface area (Å²) >= 11 is 0. The fraction of sp³-hybridized carbons (Fsp3) is 0.500. The number of morpholine rings is 1. The van der Waals surface area contributed by atoms with Gasteiger partial charge in [-0.05, 0) is 13.0 Å². The second kappa shape index (κ2) is 10.7. The maximum absolute atomic E-state index is 12.9. The van der Waals surface area contributed by atoms with Crippen LogP contribution in [0, 0.1) is 0 Å². The van der Waals surface area contributed by atoms with Crippen LogP contribution in [0.3, 0.4) is 0 Å². The van der Waals surface area contributed by atoms with Gasteiger partial charge in [0.25, 0.3) is 11.7 Å². The highest BCUT2D eigenvalue weighted by atomic mass is 16.5. The quantitative estimate of drug-likeness (QED) is 0.498. The van der Waals surface area contributed by atoms with Crippen LogP contribution < -0.4 is 25.0 Å². The average molecular weight is 427 g/mol. The van der Waals surface area contributed by atoms with Gasteiger partial charge in [-0.15, -0.1) is 0 Å². The number of hydrogen-bond donors (Lipinski definition) is 3. The van der Waals surface area contributed by atoms with Crippen molar-refractivity contribution in [2.24, 2.45) is 0 Å². The van der Waals surface area contributed by atoms with Crippen molar-refractivity contribution in [3.63, 3.8) is 0 Å². The summed E-state index contributed by atoms with van der Waals surface area (Å²) in [5.41, 5.74) is 1.28. The third kappa shape index (κ3) is 5.81. The molecule has 1 aromatic heterocycles. The van der Waals surface area contributed by atoms with Crippen molar-refractivity contribution in [1.29, 1.82) is 0 Å². The molecule has 0 aliphatic carbocycles. The first-order chi connectivity index (χ1) is 15.2. The smallest absolute Gasteiger partial charge is 0.275 e. The van der Waals surface area contributed by atoms with Gasteiger partial charge in [-0.25, -0.2) is 4.98 Å². The number of anilines is 1. The van der Waals surface area contributed by atoms with Crippen molar-refractivity contribution in [2.45, 2.75) is 19.0 Å². The van der Waals surface area contributed by atoms with Crippen LogP contribution in [0.25, 0.3) is 0 Å². The minimum atomic E-state index is 0.0719. The van der Waals surface area contributed by atoms with Gasteiger partial charge >= 0.3 is 0 Å². The van der Waals surface area contributed by atoms with E-state index in [-0.39, 0.29) is 18.0 Å². The minimum Gasteiger partial charge on any atom is -0.370 e. The molecule has 0 radical (unpaired) electrons. The van der Waals surface area contributed by atoms with Crippen LogP contribution in [0.5, 0.6) is 0 Å². The van der Waals surface area contributed by atoms with Gasteiger partial charge in [0.1, 0.15) is 45.3 Å². The maximum Gasteiger partial charge on any atom is 0.275 e. The minimum absolute atomic E-state index is 0.0719. The summed E-state index contributed by atoms with van der Waals surface area (Å²) in [6, 6.07) is 17.1. The third-order valence-corrected chi connectivity index (χ3v) is 6.54. The summed E-state index contributed by atoms with van der Waals surface area (Å²) in [7, 11) is 0. The van der Waals surface area contributed by atoms with E-state index in [4.69, 9.17) is 4.74 Å². The maximum atomic E-state index is 12.9. The van der Waals surface area contributed by atoms with Crippen molar-refractivity contribution in [1.82, 2.24) is 5.32 Å². The zero-order chi connectivity index (χ0) is 21.5. The van der Waals surface area contributed by atoms with Gasteiger partial charge in [0.2, 0.25) is 0 Å². The second-order valence-electron chi connectivity index (χ2n) is 8.68. The van der Waals surface area contributed by atoms with Gasteiger partial charge in [-0.2, -0.15) is 0 Å². The van der Waals surface area contributed by atoms with E-state index in [1.165, 1.54) is 15.4 Å². The highest BCUT2D eigenvalue weighted by molar-refractivity contribution is 5.77. The Morgan fingerprint density at radius 2 is 1.77 bits per heavy atom.